The predicted molar refractivity (Wildman–Crippen MR) is 69.7 cm³/mol. The van der Waals surface area contributed by atoms with Gasteiger partial charge in [0.25, 0.3) is 0 Å². The molecule has 1 amide bonds. The topological polar surface area (TPSA) is 29.1 Å². The van der Waals surface area contributed by atoms with Gasteiger partial charge in [-0.15, -0.1) is 0 Å². The number of carbonyl (C=O) groups is 1. The van der Waals surface area contributed by atoms with Gasteiger partial charge in [-0.3, -0.25) is 4.79 Å². The summed E-state index contributed by atoms with van der Waals surface area (Å²) < 4.78 is 26.0. The monoisotopic (exact) mass is 271 g/mol. The van der Waals surface area contributed by atoms with E-state index < -0.39 is 11.6 Å². The second-order valence-corrected chi connectivity index (χ2v) is 5.66. The third kappa shape index (κ3) is 3.70. The van der Waals surface area contributed by atoms with Gasteiger partial charge in [-0.2, -0.15) is 11.8 Å². The van der Waals surface area contributed by atoms with Crippen LogP contribution in [-0.4, -0.2) is 17.4 Å². The molecule has 1 aromatic carbocycles. The van der Waals surface area contributed by atoms with E-state index in [1.54, 1.807) is 0 Å². The van der Waals surface area contributed by atoms with Crippen LogP contribution in [0.5, 0.6) is 0 Å². The molecule has 1 aromatic rings. The summed E-state index contributed by atoms with van der Waals surface area (Å²) in [5.41, 5.74) is 0.0478. The molecule has 5 heteroatoms. The SMILES string of the molecule is O=C(CC1CCSCC1)Nc1ccc(F)cc1F. The maximum absolute atomic E-state index is 13.3. The number of rotatable bonds is 3. The van der Waals surface area contributed by atoms with Crippen molar-refractivity contribution in [3.8, 4) is 0 Å². The van der Waals surface area contributed by atoms with E-state index in [4.69, 9.17) is 0 Å². The number of benzene rings is 1. The van der Waals surface area contributed by atoms with E-state index in [2.05, 4.69) is 5.32 Å². The second-order valence-electron chi connectivity index (χ2n) is 4.43. The summed E-state index contributed by atoms with van der Waals surface area (Å²) in [6.45, 7) is 0. The van der Waals surface area contributed by atoms with Gasteiger partial charge in [-0.05, 0) is 42.4 Å². The standard InChI is InChI=1S/C13H15F2NOS/c14-10-1-2-12(11(15)8-10)16-13(17)7-9-3-5-18-6-4-9/h1-2,8-9H,3-7H2,(H,16,17). The molecule has 1 heterocycles. The largest absolute Gasteiger partial charge is 0.324 e. The van der Waals surface area contributed by atoms with Crippen LogP contribution in [0.1, 0.15) is 19.3 Å². The molecule has 1 aliphatic heterocycles. The van der Waals surface area contributed by atoms with Crippen molar-refractivity contribution in [3.05, 3.63) is 29.8 Å². The lowest BCUT2D eigenvalue weighted by molar-refractivity contribution is -0.117. The predicted octanol–water partition coefficient (Wildman–Crippen LogP) is 3.44. The van der Waals surface area contributed by atoms with E-state index >= 15 is 0 Å². The molecule has 0 atom stereocenters. The van der Waals surface area contributed by atoms with Crippen molar-refractivity contribution in [2.24, 2.45) is 5.92 Å². The number of hydrogen-bond donors (Lipinski definition) is 1. The normalized spacial score (nSPS) is 16.6. The maximum Gasteiger partial charge on any atom is 0.224 e. The number of carbonyl (C=O) groups excluding carboxylic acids is 1. The Kier molecular flexibility index (Phi) is 4.58. The molecule has 0 spiro atoms. The van der Waals surface area contributed by atoms with E-state index in [9.17, 15) is 13.6 Å². The highest BCUT2D eigenvalue weighted by Crippen LogP contribution is 2.25. The Hall–Kier alpha value is -1.10. The van der Waals surface area contributed by atoms with Gasteiger partial charge >= 0.3 is 0 Å². The molecule has 0 bridgehead atoms. The number of thioether (sulfide) groups is 1. The van der Waals surface area contributed by atoms with Crippen molar-refractivity contribution >= 4 is 23.4 Å². The first-order valence-corrected chi connectivity index (χ1v) is 7.13. The van der Waals surface area contributed by atoms with E-state index in [-0.39, 0.29) is 11.6 Å². The zero-order valence-corrected chi connectivity index (χ0v) is 10.7. The summed E-state index contributed by atoms with van der Waals surface area (Å²) in [5, 5.41) is 2.50. The van der Waals surface area contributed by atoms with Crippen LogP contribution >= 0.6 is 11.8 Å². The number of halogens is 2. The Balaban J connectivity index is 1.90. The van der Waals surface area contributed by atoms with Crippen molar-refractivity contribution in [1.82, 2.24) is 0 Å². The minimum absolute atomic E-state index is 0.0478. The molecule has 1 saturated heterocycles. The molecule has 1 N–H and O–H groups in total. The average molecular weight is 271 g/mol. The van der Waals surface area contributed by atoms with Crippen LogP contribution in [0.3, 0.4) is 0 Å². The lowest BCUT2D eigenvalue weighted by Crippen LogP contribution is -2.20. The Morgan fingerprint density at radius 1 is 1.33 bits per heavy atom. The van der Waals surface area contributed by atoms with Crippen LogP contribution in [0.15, 0.2) is 18.2 Å². The van der Waals surface area contributed by atoms with E-state index in [0.29, 0.717) is 12.3 Å². The fourth-order valence-electron chi connectivity index (χ4n) is 2.00. The minimum Gasteiger partial charge on any atom is -0.324 e. The minimum atomic E-state index is -0.734. The molecule has 1 fully saturated rings. The van der Waals surface area contributed by atoms with Crippen molar-refractivity contribution in [2.75, 3.05) is 16.8 Å². The van der Waals surface area contributed by atoms with Gasteiger partial charge in [-0.25, -0.2) is 8.78 Å². The first-order valence-electron chi connectivity index (χ1n) is 5.98. The molecule has 0 saturated carbocycles. The van der Waals surface area contributed by atoms with Crippen LogP contribution in [0.4, 0.5) is 14.5 Å². The molecule has 0 aromatic heterocycles. The first kappa shape index (κ1) is 13.3. The lowest BCUT2D eigenvalue weighted by atomic mass is 9.98. The van der Waals surface area contributed by atoms with Crippen LogP contribution in [0.2, 0.25) is 0 Å². The molecule has 98 valence electrons. The Bertz CT molecular complexity index is 433. The molecule has 0 aliphatic carbocycles. The van der Waals surface area contributed by atoms with E-state index in [1.165, 1.54) is 6.07 Å². The van der Waals surface area contributed by atoms with E-state index in [0.717, 1.165) is 36.5 Å². The molecule has 0 radical (unpaired) electrons. The second kappa shape index (κ2) is 6.18. The zero-order valence-electron chi connectivity index (χ0n) is 9.92. The Labute approximate surface area is 109 Å². The third-order valence-electron chi connectivity index (χ3n) is 3.02. The number of anilines is 1. The van der Waals surface area contributed by atoms with Crippen molar-refractivity contribution in [2.45, 2.75) is 19.3 Å². The first-order chi connectivity index (χ1) is 8.65. The zero-order chi connectivity index (χ0) is 13.0. The highest BCUT2D eigenvalue weighted by molar-refractivity contribution is 7.99. The number of amides is 1. The van der Waals surface area contributed by atoms with Crippen molar-refractivity contribution in [1.29, 1.82) is 0 Å². The molecule has 1 aliphatic rings. The summed E-state index contributed by atoms with van der Waals surface area (Å²) >= 11 is 1.90. The van der Waals surface area contributed by atoms with Gasteiger partial charge in [0, 0.05) is 12.5 Å². The molecule has 2 rings (SSSR count). The van der Waals surface area contributed by atoms with Crippen LogP contribution in [-0.2, 0) is 4.79 Å². The van der Waals surface area contributed by atoms with Gasteiger partial charge in [-0.1, -0.05) is 0 Å². The van der Waals surface area contributed by atoms with Crippen molar-refractivity contribution in [3.63, 3.8) is 0 Å². The summed E-state index contributed by atoms with van der Waals surface area (Å²) in [6.07, 6.45) is 2.48. The Morgan fingerprint density at radius 3 is 2.72 bits per heavy atom. The summed E-state index contributed by atoms with van der Waals surface area (Å²) in [5.74, 6) is 0.982. The Morgan fingerprint density at radius 2 is 2.06 bits per heavy atom. The van der Waals surface area contributed by atoms with Crippen LogP contribution in [0, 0.1) is 17.6 Å². The van der Waals surface area contributed by atoms with Gasteiger partial charge in [0.15, 0.2) is 0 Å². The smallest absolute Gasteiger partial charge is 0.224 e. The molecule has 2 nitrogen and oxygen atoms in total. The molecule has 18 heavy (non-hydrogen) atoms. The highest BCUT2D eigenvalue weighted by atomic mass is 32.2. The fourth-order valence-corrected chi connectivity index (χ4v) is 3.21. The summed E-state index contributed by atoms with van der Waals surface area (Å²) in [7, 11) is 0. The van der Waals surface area contributed by atoms with Gasteiger partial charge in [0.05, 0.1) is 5.69 Å². The van der Waals surface area contributed by atoms with Gasteiger partial charge < -0.3 is 5.32 Å². The third-order valence-corrected chi connectivity index (χ3v) is 4.07. The van der Waals surface area contributed by atoms with Crippen LogP contribution in [0.25, 0.3) is 0 Å². The molecule has 0 unspecified atom stereocenters. The van der Waals surface area contributed by atoms with Crippen LogP contribution < -0.4 is 5.32 Å². The average Bonchev–Trinajstić information content (AvgIpc) is 2.34. The molecular weight excluding hydrogens is 256 g/mol. The van der Waals surface area contributed by atoms with Crippen molar-refractivity contribution < 1.29 is 13.6 Å². The molecular formula is C13H15F2NOS. The quantitative estimate of drug-likeness (QED) is 0.912. The number of nitrogens with one attached hydrogen (secondary N) is 1. The fraction of sp³-hybridized carbons (Fsp3) is 0.462. The van der Waals surface area contributed by atoms with Gasteiger partial charge in [0.1, 0.15) is 11.6 Å². The summed E-state index contributed by atoms with van der Waals surface area (Å²) in [4.78, 5) is 11.7. The highest BCUT2D eigenvalue weighted by Gasteiger charge is 2.18. The van der Waals surface area contributed by atoms with Gasteiger partial charge in [0.2, 0.25) is 5.91 Å². The number of hydrogen-bond acceptors (Lipinski definition) is 2. The summed E-state index contributed by atoms with van der Waals surface area (Å²) in [6, 6.07) is 3.15. The lowest BCUT2D eigenvalue weighted by Gasteiger charge is -2.20. The van der Waals surface area contributed by atoms with E-state index in [1.807, 2.05) is 11.8 Å². The maximum atomic E-state index is 13.3.